The van der Waals surface area contributed by atoms with Crippen molar-refractivity contribution in [3.05, 3.63) is 0 Å². The molecule has 1 N–H and O–H groups in total. The van der Waals surface area contributed by atoms with Gasteiger partial charge in [0.05, 0.1) is 0 Å². The van der Waals surface area contributed by atoms with E-state index in [1.165, 1.54) is 12.8 Å². The van der Waals surface area contributed by atoms with Crippen LogP contribution in [-0.4, -0.2) is 23.8 Å². The van der Waals surface area contributed by atoms with Gasteiger partial charge in [-0.1, -0.05) is 45.4 Å². The third kappa shape index (κ3) is 7.21. The highest BCUT2D eigenvalue weighted by atomic mass is 32.2. The summed E-state index contributed by atoms with van der Waals surface area (Å²) in [5.74, 6) is 1.93. The minimum absolute atomic E-state index is 0.142. The lowest BCUT2D eigenvalue weighted by atomic mass is 9.72. The van der Waals surface area contributed by atoms with Gasteiger partial charge < -0.3 is 5.32 Å². The Morgan fingerprint density at radius 2 is 1.90 bits per heavy atom. The molecule has 1 saturated carbocycles. The monoisotopic (exact) mass is 311 g/mol. The second kappa shape index (κ2) is 8.52. The first-order valence-corrected chi connectivity index (χ1v) is 8.74. The quantitative estimate of drug-likeness (QED) is 0.704. The van der Waals surface area contributed by atoms with E-state index in [4.69, 9.17) is 0 Å². The van der Waals surface area contributed by atoms with E-state index in [1.54, 1.807) is 0 Å². The predicted molar refractivity (Wildman–Crippen MR) is 80.9 cm³/mol. The summed E-state index contributed by atoms with van der Waals surface area (Å²) in [6.45, 7) is 7.38. The number of halogens is 3. The summed E-state index contributed by atoms with van der Waals surface area (Å²) in [7, 11) is 0. The molecule has 0 aromatic carbocycles. The molecule has 20 heavy (non-hydrogen) atoms. The fourth-order valence-corrected chi connectivity index (χ4v) is 3.78. The SMILES string of the molecule is CCC1CCC(CNC(C)C)C(CCSC(F)(F)F)C1. The predicted octanol–water partition coefficient (Wildman–Crippen LogP) is 5.07. The molecule has 1 nitrogen and oxygen atoms in total. The molecule has 0 bridgehead atoms. The summed E-state index contributed by atoms with van der Waals surface area (Å²) in [4.78, 5) is 0. The molecule has 0 aromatic rings. The van der Waals surface area contributed by atoms with E-state index >= 15 is 0 Å². The molecule has 1 fully saturated rings. The second-order valence-electron chi connectivity index (χ2n) is 6.25. The minimum atomic E-state index is -4.08. The van der Waals surface area contributed by atoms with Gasteiger partial charge in [0.1, 0.15) is 0 Å². The Hall–Kier alpha value is 0.100. The molecule has 1 rings (SSSR count). The lowest BCUT2D eigenvalue weighted by Gasteiger charge is -2.36. The maximum Gasteiger partial charge on any atom is 0.441 e. The van der Waals surface area contributed by atoms with Gasteiger partial charge in [-0.05, 0) is 43.6 Å². The summed E-state index contributed by atoms with van der Waals surface area (Å²) in [5, 5.41) is 3.46. The molecule has 120 valence electrons. The summed E-state index contributed by atoms with van der Waals surface area (Å²) in [6, 6.07) is 0.448. The number of rotatable bonds is 7. The van der Waals surface area contributed by atoms with Crippen LogP contribution >= 0.6 is 11.8 Å². The zero-order chi connectivity index (χ0) is 15.2. The second-order valence-corrected chi connectivity index (χ2v) is 7.41. The fraction of sp³-hybridized carbons (Fsp3) is 1.00. The van der Waals surface area contributed by atoms with Gasteiger partial charge in [-0.25, -0.2) is 0 Å². The number of alkyl halides is 3. The standard InChI is InChI=1S/C15H28F3NS/c1-4-12-5-6-14(10-19-11(2)3)13(9-12)7-8-20-15(16,17)18/h11-14,19H,4-10H2,1-3H3. The van der Waals surface area contributed by atoms with Crippen molar-refractivity contribution >= 4 is 11.8 Å². The fourth-order valence-electron chi connectivity index (χ4n) is 3.13. The van der Waals surface area contributed by atoms with E-state index < -0.39 is 5.51 Å². The van der Waals surface area contributed by atoms with E-state index in [9.17, 15) is 13.2 Å². The molecule has 0 heterocycles. The average Bonchev–Trinajstić information content (AvgIpc) is 2.35. The van der Waals surface area contributed by atoms with Crippen LogP contribution in [0.4, 0.5) is 13.2 Å². The summed E-state index contributed by atoms with van der Waals surface area (Å²) >= 11 is 0.142. The minimum Gasteiger partial charge on any atom is -0.314 e. The van der Waals surface area contributed by atoms with Crippen LogP contribution in [0.2, 0.25) is 0 Å². The molecule has 0 aromatic heterocycles. The summed E-state index contributed by atoms with van der Waals surface area (Å²) in [6.07, 6.45) is 5.38. The summed E-state index contributed by atoms with van der Waals surface area (Å²) in [5.41, 5.74) is -4.08. The molecule has 3 atom stereocenters. The highest BCUT2D eigenvalue weighted by Gasteiger charge is 2.32. The summed E-state index contributed by atoms with van der Waals surface area (Å²) < 4.78 is 36.8. The van der Waals surface area contributed by atoms with Crippen LogP contribution in [0.15, 0.2) is 0 Å². The van der Waals surface area contributed by atoms with Crippen molar-refractivity contribution in [1.82, 2.24) is 5.32 Å². The van der Waals surface area contributed by atoms with Crippen molar-refractivity contribution in [1.29, 1.82) is 0 Å². The topological polar surface area (TPSA) is 12.0 Å². The van der Waals surface area contributed by atoms with E-state index in [1.807, 2.05) is 0 Å². The Morgan fingerprint density at radius 1 is 1.20 bits per heavy atom. The Bertz CT molecular complexity index is 268. The molecule has 3 unspecified atom stereocenters. The highest BCUT2D eigenvalue weighted by Crippen LogP contribution is 2.39. The molecule has 1 aliphatic carbocycles. The molecule has 0 spiro atoms. The molecule has 0 saturated heterocycles. The van der Waals surface area contributed by atoms with Crippen LogP contribution in [0, 0.1) is 17.8 Å². The average molecular weight is 311 g/mol. The Kier molecular flexibility index (Phi) is 7.73. The molecule has 0 radical (unpaired) electrons. The van der Waals surface area contributed by atoms with Crippen LogP contribution in [0.25, 0.3) is 0 Å². The third-order valence-electron chi connectivity index (χ3n) is 4.37. The van der Waals surface area contributed by atoms with Gasteiger partial charge in [0.2, 0.25) is 0 Å². The van der Waals surface area contributed by atoms with Crippen LogP contribution in [-0.2, 0) is 0 Å². The van der Waals surface area contributed by atoms with Gasteiger partial charge in [-0.3, -0.25) is 0 Å². The first-order chi connectivity index (χ1) is 9.31. The smallest absolute Gasteiger partial charge is 0.314 e. The maximum absolute atomic E-state index is 12.3. The van der Waals surface area contributed by atoms with E-state index in [0.29, 0.717) is 30.2 Å². The first-order valence-electron chi connectivity index (χ1n) is 7.75. The Balaban J connectivity index is 2.44. The Morgan fingerprint density at radius 3 is 2.45 bits per heavy atom. The van der Waals surface area contributed by atoms with Crippen molar-refractivity contribution in [2.75, 3.05) is 12.3 Å². The van der Waals surface area contributed by atoms with Crippen LogP contribution in [0.3, 0.4) is 0 Å². The van der Waals surface area contributed by atoms with E-state index in [-0.39, 0.29) is 17.5 Å². The van der Waals surface area contributed by atoms with Crippen LogP contribution in [0.5, 0.6) is 0 Å². The van der Waals surface area contributed by atoms with Crippen LogP contribution < -0.4 is 5.32 Å². The van der Waals surface area contributed by atoms with Crippen molar-refractivity contribution in [3.8, 4) is 0 Å². The molecular weight excluding hydrogens is 283 g/mol. The molecule has 1 aliphatic rings. The van der Waals surface area contributed by atoms with Gasteiger partial charge in [0.25, 0.3) is 0 Å². The van der Waals surface area contributed by atoms with Gasteiger partial charge in [0.15, 0.2) is 0 Å². The lowest BCUT2D eigenvalue weighted by Crippen LogP contribution is -2.36. The first kappa shape index (κ1) is 18.1. The molecule has 5 heteroatoms. The van der Waals surface area contributed by atoms with Gasteiger partial charge in [0, 0.05) is 11.8 Å². The number of thioether (sulfide) groups is 1. The maximum atomic E-state index is 12.3. The number of hydrogen-bond acceptors (Lipinski definition) is 2. The van der Waals surface area contributed by atoms with Crippen molar-refractivity contribution < 1.29 is 13.2 Å². The Labute approximate surface area is 125 Å². The lowest BCUT2D eigenvalue weighted by molar-refractivity contribution is -0.0329. The molecular formula is C15H28F3NS. The van der Waals surface area contributed by atoms with E-state index in [0.717, 1.165) is 19.4 Å². The van der Waals surface area contributed by atoms with Gasteiger partial charge >= 0.3 is 5.51 Å². The zero-order valence-corrected chi connectivity index (χ0v) is 13.6. The number of nitrogens with one attached hydrogen (secondary N) is 1. The highest BCUT2D eigenvalue weighted by molar-refractivity contribution is 8.00. The van der Waals surface area contributed by atoms with Crippen LogP contribution in [0.1, 0.15) is 52.9 Å². The molecule has 0 amide bonds. The normalized spacial score (nSPS) is 28.1. The van der Waals surface area contributed by atoms with Crippen molar-refractivity contribution in [2.45, 2.75) is 64.4 Å². The zero-order valence-electron chi connectivity index (χ0n) is 12.8. The van der Waals surface area contributed by atoms with Gasteiger partial charge in [-0.15, -0.1) is 0 Å². The van der Waals surface area contributed by atoms with Crippen molar-refractivity contribution in [2.24, 2.45) is 17.8 Å². The largest absolute Gasteiger partial charge is 0.441 e. The van der Waals surface area contributed by atoms with E-state index in [2.05, 4.69) is 26.1 Å². The van der Waals surface area contributed by atoms with Gasteiger partial charge in [-0.2, -0.15) is 13.2 Å². The number of hydrogen-bond donors (Lipinski definition) is 1. The van der Waals surface area contributed by atoms with Crippen molar-refractivity contribution in [3.63, 3.8) is 0 Å². The molecule has 0 aliphatic heterocycles. The third-order valence-corrected chi connectivity index (χ3v) is 5.14.